The van der Waals surface area contributed by atoms with E-state index in [9.17, 15) is 41.1 Å². The fourth-order valence-electron chi connectivity index (χ4n) is 6.21. The molecule has 0 bridgehead atoms. The number of benzene rings is 2. The van der Waals surface area contributed by atoms with Crippen molar-refractivity contribution in [2.45, 2.75) is 57.9 Å². The van der Waals surface area contributed by atoms with Gasteiger partial charge in [0.25, 0.3) is 11.1 Å². The number of likely N-dealkylation sites (tertiary alicyclic amines) is 1. The summed E-state index contributed by atoms with van der Waals surface area (Å²) in [5, 5.41) is 15.5. The van der Waals surface area contributed by atoms with Gasteiger partial charge < -0.3 is 14.6 Å². The van der Waals surface area contributed by atoms with Crippen molar-refractivity contribution >= 4 is 56.2 Å². The second kappa shape index (κ2) is 12.2. The Balaban J connectivity index is 1.34. The molecule has 17 heteroatoms. The number of methoxy groups -OCH3 is 1. The first-order chi connectivity index (χ1) is 21.9. The number of hydrogen-bond donors (Lipinski definition) is 1. The Morgan fingerprint density at radius 3 is 2.43 bits per heavy atom. The molecule has 0 radical (unpaired) electrons. The summed E-state index contributed by atoms with van der Waals surface area (Å²) >= 11 is 0.748. The Kier molecular flexibility index (Phi) is 8.87. The van der Waals surface area contributed by atoms with Crippen molar-refractivity contribution in [2.75, 3.05) is 20.2 Å². The zero-order valence-corrected chi connectivity index (χ0v) is 27.5. The SMILES string of the molecule is COc1ccc(Cn2ncc3cc(/C=C4\SC(=O)N(C5CC[N+](C(C)(C)C)(S(=O)(=O)NC(=O)[O-])CC5)C4=O)ccc32)c(C(F)(F)F)c1. The van der Waals surface area contributed by atoms with Gasteiger partial charge in [0, 0.05) is 18.2 Å². The molecular formula is C30H32F3N5O7S2. The van der Waals surface area contributed by atoms with Crippen LogP contribution in [0.5, 0.6) is 5.75 Å². The summed E-state index contributed by atoms with van der Waals surface area (Å²) in [6.45, 7) is 4.78. The topological polar surface area (TPSA) is 151 Å². The van der Waals surface area contributed by atoms with Gasteiger partial charge in [-0.15, -0.1) is 0 Å². The molecule has 2 aliphatic rings. The number of halogens is 3. The number of fused-ring (bicyclic) bond motifs is 1. The van der Waals surface area contributed by atoms with E-state index in [1.54, 1.807) is 49.8 Å². The summed E-state index contributed by atoms with van der Waals surface area (Å²) in [7, 11) is -3.13. The highest BCUT2D eigenvalue weighted by atomic mass is 32.2. The van der Waals surface area contributed by atoms with E-state index in [1.165, 1.54) is 30.1 Å². The first-order valence-electron chi connectivity index (χ1n) is 14.4. The van der Waals surface area contributed by atoms with E-state index in [-0.39, 0.29) is 48.7 Å². The van der Waals surface area contributed by atoms with E-state index < -0.39 is 54.7 Å². The quantitative estimate of drug-likeness (QED) is 0.285. The molecule has 3 aromatic rings. The number of ether oxygens (including phenoxy) is 1. The second-order valence-electron chi connectivity index (χ2n) is 12.3. The van der Waals surface area contributed by atoms with Crippen LogP contribution in [0.1, 0.15) is 50.3 Å². The number of amides is 3. The molecule has 47 heavy (non-hydrogen) atoms. The molecule has 0 saturated carbocycles. The minimum Gasteiger partial charge on any atom is -0.529 e. The van der Waals surface area contributed by atoms with Gasteiger partial charge in [-0.2, -0.15) is 30.6 Å². The van der Waals surface area contributed by atoms with Gasteiger partial charge in [0.2, 0.25) is 0 Å². The van der Waals surface area contributed by atoms with E-state index >= 15 is 0 Å². The van der Waals surface area contributed by atoms with Gasteiger partial charge in [0.1, 0.15) is 11.3 Å². The van der Waals surface area contributed by atoms with Crippen LogP contribution in [0.4, 0.5) is 22.8 Å². The Morgan fingerprint density at radius 1 is 1.15 bits per heavy atom. The highest BCUT2D eigenvalue weighted by Crippen LogP contribution is 2.40. The number of alkyl halides is 3. The van der Waals surface area contributed by atoms with Gasteiger partial charge in [-0.25, -0.2) is 4.72 Å². The van der Waals surface area contributed by atoms with E-state index in [0.717, 1.165) is 22.7 Å². The molecule has 1 aromatic heterocycles. The van der Waals surface area contributed by atoms with Crippen LogP contribution in [-0.4, -0.2) is 76.0 Å². The lowest BCUT2D eigenvalue weighted by Crippen LogP contribution is -2.71. The third kappa shape index (κ3) is 6.43. The van der Waals surface area contributed by atoms with Crippen molar-refractivity contribution < 1.29 is 49.7 Å². The fraction of sp³-hybridized carbons (Fsp3) is 0.400. The number of piperidine rings is 1. The minimum atomic E-state index is -4.59. The van der Waals surface area contributed by atoms with E-state index in [4.69, 9.17) is 4.74 Å². The van der Waals surface area contributed by atoms with Crippen LogP contribution in [0, 0.1) is 0 Å². The van der Waals surface area contributed by atoms with Crippen molar-refractivity contribution in [1.29, 1.82) is 0 Å². The number of nitrogens with one attached hydrogen (secondary N) is 1. The standard InChI is InChI=1S/C30H32F3N5O7S2/c1-29(2,3)38(47(43,44)35-27(40)41)11-9-21(10-12-38)37-26(39)25(46-28(37)42)14-18-5-8-24-20(13-18)16-34-36(24)17-19-6-7-22(45-4)15-23(19)30(31,32)33/h5-8,13-16,21,35H,9-12,17H2,1-4H3/b25-14-. The van der Waals surface area contributed by atoms with Crippen LogP contribution in [0.15, 0.2) is 47.5 Å². The molecule has 2 fully saturated rings. The van der Waals surface area contributed by atoms with E-state index in [0.29, 0.717) is 16.5 Å². The second-order valence-corrected chi connectivity index (χ2v) is 15.1. The number of carbonyl (C=O) groups is 3. The molecule has 2 aliphatic heterocycles. The number of rotatable bonds is 7. The molecule has 252 valence electrons. The van der Waals surface area contributed by atoms with Gasteiger partial charge in [-0.05, 0) is 74.0 Å². The Hall–Kier alpha value is -4.09. The van der Waals surface area contributed by atoms with Crippen molar-refractivity contribution in [1.82, 2.24) is 19.4 Å². The monoisotopic (exact) mass is 695 g/mol. The average molecular weight is 696 g/mol. The van der Waals surface area contributed by atoms with Crippen molar-refractivity contribution in [3.63, 3.8) is 0 Å². The van der Waals surface area contributed by atoms with Crippen LogP contribution in [0.3, 0.4) is 0 Å². The summed E-state index contributed by atoms with van der Waals surface area (Å²) in [6.07, 6.45) is -3.23. The maximum Gasteiger partial charge on any atom is 0.416 e. The third-order valence-electron chi connectivity index (χ3n) is 8.64. The highest BCUT2D eigenvalue weighted by Gasteiger charge is 2.55. The molecule has 5 rings (SSSR count). The molecule has 0 unspecified atom stereocenters. The molecule has 0 aliphatic carbocycles. The lowest BCUT2D eigenvalue weighted by Gasteiger charge is -2.50. The normalized spacial score (nSPS) is 21.9. The smallest absolute Gasteiger partial charge is 0.416 e. The molecule has 0 spiro atoms. The molecule has 3 amide bonds. The van der Waals surface area contributed by atoms with E-state index in [2.05, 4.69) is 5.10 Å². The van der Waals surface area contributed by atoms with Crippen LogP contribution >= 0.6 is 11.8 Å². The number of thioether (sulfide) groups is 1. The predicted molar refractivity (Wildman–Crippen MR) is 165 cm³/mol. The summed E-state index contributed by atoms with van der Waals surface area (Å²) in [5.74, 6) is -0.452. The van der Waals surface area contributed by atoms with Gasteiger partial charge >= 0.3 is 16.4 Å². The lowest BCUT2D eigenvalue weighted by molar-refractivity contribution is -0.862. The molecule has 0 atom stereocenters. The van der Waals surface area contributed by atoms with Crippen LogP contribution in [-0.2, 0) is 27.7 Å². The first kappa shape index (κ1) is 34.3. The summed E-state index contributed by atoms with van der Waals surface area (Å²) in [4.78, 5) is 38.8. The largest absolute Gasteiger partial charge is 0.529 e. The number of nitrogens with zero attached hydrogens (tertiary/aromatic N) is 4. The van der Waals surface area contributed by atoms with Crippen LogP contribution < -0.4 is 14.6 Å². The Labute approximate surface area is 272 Å². The first-order valence-corrected chi connectivity index (χ1v) is 16.7. The number of carbonyl (C=O) groups excluding carboxylic acids is 3. The Morgan fingerprint density at radius 2 is 1.83 bits per heavy atom. The maximum atomic E-state index is 13.7. The number of hydrogen-bond acceptors (Lipinski definition) is 9. The Bertz CT molecular complexity index is 1890. The zero-order chi connectivity index (χ0) is 34.5. The number of aromatic nitrogens is 2. The minimum absolute atomic E-state index is 0.00932. The summed E-state index contributed by atoms with van der Waals surface area (Å²) in [5.41, 5.74) is -0.619. The highest BCUT2D eigenvalue weighted by molar-refractivity contribution is 8.18. The summed E-state index contributed by atoms with van der Waals surface area (Å²) in [6, 6.07) is 8.18. The number of quaternary nitrogens is 1. The average Bonchev–Trinajstić information content (AvgIpc) is 3.49. The van der Waals surface area contributed by atoms with Crippen LogP contribution in [0.2, 0.25) is 0 Å². The molecular weight excluding hydrogens is 663 g/mol. The molecule has 2 saturated heterocycles. The van der Waals surface area contributed by atoms with Crippen molar-refractivity contribution in [3.05, 3.63) is 64.2 Å². The number of imide groups is 1. The van der Waals surface area contributed by atoms with Gasteiger partial charge in [-0.3, -0.25) is 19.2 Å². The molecule has 1 N–H and O–H groups in total. The summed E-state index contributed by atoms with van der Waals surface area (Å²) < 4.78 is 74.6. The lowest BCUT2D eigenvalue weighted by atomic mass is 9.97. The zero-order valence-electron chi connectivity index (χ0n) is 25.8. The molecule has 3 heterocycles. The molecule has 2 aromatic carbocycles. The van der Waals surface area contributed by atoms with Crippen molar-refractivity contribution in [2.24, 2.45) is 0 Å². The van der Waals surface area contributed by atoms with Gasteiger partial charge in [-0.1, -0.05) is 12.1 Å². The predicted octanol–water partition coefficient (Wildman–Crippen LogP) is 4.10. The van der Waals surface area contributed by atoms with Crippen molar-refractivity contribution in [3.8, 4) is 5.75 Å². The maximum absolute atomic E-state index is 13.7. The molecule has 12 nitrogen and oxygen atoms in total. The van der Waals surface area contributed by atoms with Gasteiger partial charge in [0.05, 0.1) is 55.0 Å². The number of carboxylic acid groups (broad SMARTS) is 1. The fourth-order valence-corrected chi connectivity index (χ4v) is 8.90. The van der Waals surface area contributed by atoms with E-state index in [1.807, 2.05) is 0 Å². The van der Waals surface area contributed by atoms with Crippen LogP contribution in [0.25, 0.3) is 17.0 Å². The van der Waals surface area contributed by atoms with Gasteiger partial charge in [0.15, 0.2) is 6.09 Å². The third-order valence-corrected chi connectivity index (χ3v) is 11.8.